The third-order valence-electron chi connectivity index (χ3n) is 2.90. The molecule has 6 atom stereocenters. The zero-order valence-electron chi connectivity index (χ0n) is 10.8. The quantitative estimate of drug-likeness (QED) is 0.391. The number of rotatable bonds is 6. The van der Waals surface area contributed by atoms with Crippen LogP contribution in [0.25, 0.3) is 0 Å². The number of nitrogens with zero attached hydrogens (tertiary/aromatic N) is 1. The number of nitrogens with two attached hydrogens (primary N) is 1. The average molecular weight is 355 g/mol. The summed E-state index contributed by atoms with van der Waals surface area (Å²) >= 11 is 0. The smallest absolute Gasteiger partial charge is 0.330 e. The molecule has 2 rings (SSSR count). The number of H-pyrrole nitrogens is 1. The number of aromatic amines is 1. The van der Waals surface area contributed by atoms with Crippen LogP contribution in [0.3, 0.4) is 0 Å². The van der Waals surface area contributed by atoms with Gasteiger partial charge in [-0.15, -0.1) is 0 Å². The maximum atomic E-state index is 11.8. The van der Waals surface area contributed by atoms with E-state index < -0.39 is 29.9 Å². The molecule has 118 valence electrons. The maximum absolute atomic E-state index is 11.8. The highest BCUT2D eigenvalue weighted by Crippen LogP contribution is 2.52. The first-order valence-corrected chi connectivity index (χ1v) is 10.8. The monoisotopic (exact) mass is 355 g/mol. The van der Waals surface area contributed by atoms with E-state index in [-0.39, 0.29) is 43.5 Å². The van der Waals surface area contributed by atoms with E-state index in [1.54, 1.807) is 0 Å². The number of aliphatic hydroxyl groups is 1. The highest BCUT2D eigenvalue weighted by molar-refractivity contribution is 8.40. The molecule has 0 bridgehead atoms. The predicted molar refractivity (Wildman–Crippen MR) is 82.0 cm³/mol. The van der Waals surface area contributed by atoms with Gasteiger partial charge in [-0.3, -0.25) is 14.3 Å². The van der Waals surface area contributed by atoms with Gasteiger partial charge >= 0.3 is 5.69 Å². The molecule has 6 unspecified atom stereocenters. The van der Waals surface area contributed by atoms with Crippen LogP contribution in [0.4, 0.5) is 0 Å². The van der Waals surface area contributed by atoms with Gasteiger partial charge in [0.2, 0.25) is 0 Å². The van der Waals surface area contributed by atoms with Gasteiger partial charge in [-0.1, -0.05) is 0 Å². The second kappa shape index (κ2) is 7.86. The summed E-state index contributed by atoms with van der Waals surface area (Å²) in [6.45, 7) is -0.00918. The van der Waals surface area contributed by atoms with Crippen molar-refractivity contribution in [1.29, 1.82) is 0 Å². The van der Waals surface area contributed by atoms with Crippen LogP contribution in [0.5, 0.6) is 0 Å². The van der Waals surface area contributed by atoms with E-state index in [4.69, 9.17) is 19.9 Å². The van der Waals surface area contributed by atoms with Crippen molar-refractivity contribution in [3.63, 3.8) is 0 Å². The summed E-state index contributed by atoms with van der Waals surface area (Å²) in [5, 5.41) is 9.88. The van der Waals surface area contributed by atoms with Crippen molar-refractivity contribution < 1.29 is 19.3 Å². The zero-order valence-corrected chi connectivity index (χ0v) is 13.8. The molecule has 1 aliphatic rings. The summed E-state index contributed by atoms with van der Waals surface area (Å²) in [7, 11) is 0.0846. The molecule has 2 heterocycles. The molecule has 5 N–H and O–H groups in total. The summed E-state index contributed by atoms with van der Waals surface area (Å²) in [6, 6.07) is 0. The van der Waals surface area contributed by atoms with Crippen molar-refractivity contribution in [2.24, 2.45) is 5.73 Å². The van der Waals surface area contributed by atoms with Crippen molar-refractivity contribution in [3.05, 3.63) is 32.6 Å². The number of hydrogen-bond donors (Lipinski definition) is 4. The van der Waals surface area contributed by atoms with Crippen molar-refractivity contribution in [3.8, 4) is 0 Å². The Morgan fingerprint density at radius 2 is 2.33 bits per heavy atom. The topological polar surface area (TPSA) is 140 Å². The summed E-state index contributed by atoms with van der Waals surface area (Å²) < 4.78 is 12.0. The fourth-order valence-electron chi connectivity index (χ4n) is 1.90. The first kappa shape index (κ1) is 17.1. The molecule has 1 saturated heterocycles. The minimum Gasteiger partial charge on any atom is -0.388 e. The second-order valence-corrected chi connectivity index (χ2v) is 9.44. The lowest BCUT2D eigenvalue weighted by Crippen LogP contribution is -2.34. The van der Waals surface area contributed by atoms with Crippen molar-refractivity contribution in [2.45, 2.75) is 31.6 Å². The Balaban J connectivity index is 2.13. The lowest BCUT2D eigenvalue weighted by Gasteiger charge is -2.16. The number of ether oxygens (including phenoxy) is 1. The molecule has 12 heteroatoms. The molecule has 0 radical (unpaired) electrons. The summed E-state index contributed by atoms with van der Waals surface area (Å²) in [6.07, 6.45) is -0.966. The normalized spacial score (nSPS) is 27.1. The van der Waals surface area contributed by atoms with Crippen LogP contribution >= 0.6 is 25.0 Å². The van der Waals surface area contributed by atoms with Crippen LogP contribution in [0, 0.1) is 0 Å². The number of aliphatic hydroxyl groups excluding tert-OH is 1. The molecule has 1 aromatic heterocycles. The number of nitrogens with one attached hydrogen (secondary N) is 1. The van der Waals surface area contributed by atoms with E-state index in [0.29, 0.717) is 0 Å². The molecule has 1 aliphatic heterocycles. The van der Waals surface area contributed by atoms with E-state index in [1.807, 2.05) is 0 Å². The van der Waals surface area contributed by atoms with E-state index in [2.05, 4.69) is 4.98 Å². The average Bonchev–Trinajstić information content (AvgIpc) is 2.80. The highest BCUT2D eigenvalue weighted by Gasteiger charge is 2.36. The van der Waals surface area contributed by atoms with Crippen LogP contribution in [0.2, 0.25) is 0 Å². The second-order valence-electron chi connectivity index (χ2n) is 4.24. The van der Waals surface area contributed by atoms with Gasteiger partial charge in [-0.25, -0.2) is 4.79 Å². The molecule has 1 fully saturated rings. The summed E-state index contributed by atoms with van der Waals surface area (Å²) in [5.41, 5.74) is 4.53. The van der Waals surface area contributed by atoms with Crippen LogP contribution in [-0.2, 0) is 15.8 Å². The van der Waals surface area contributed by atoms with Gasteiger partial charge in [0.05, 0.1) is 0 Å². The van der Waals surface area contributed by atoms with Gasteiger partial charge < -0.3 is 25.0 Å². The highest BCUT2D eigenvalue weighted by atomic mass is 32.4. The Bertz CT molecular complexity index is 593. The lowest BCUT2D eigenvalue weighted by atomic mass is 10.2. The Morgan fingerprint density at radius 3 is 3.00 bits per heavy atom. The maximum Gasteiger partial charge on any atom is 0.330 e. The molecule has 0 amide bonds. The molecule has 1 aromatic rings. The Hall–Kier alpha value is -0.230. The zero-order chi connectivity index (χ0) is 15.4. The number of aromatic nitrogens is 2. The Morgan fingerprint density at radius 1 is 1.57 bits per heavy atom. The third kappa shape index (κ3) is 4.15. The van der Waals surface area contributed by atoms with Crippen molar-refractivity contribution in [1.82, 2.24) is 9.55 Å². The first-order valence-electron chi connectivity index (χ1n) is 5.99. The lowest BCUT2D eigenvalue weighted by molar-refractivity contribution is -0.119. The Labute approximate surface area is 124 Å². The number of hydrogen-bond acceptors (Lipinski definition) is 7. The van der Waals surface area contributed by atoms with Gasteiger partial charge in [0.25, 0.3) is 5.56 Å². The van der Waals surface area contributed by atoms with Crippen LogP contribution in [-0.4, -0.2) is 31.9 Å². The molecular weight excluding hydrogens is 339 g/mol. The largest absolute Gasteiger partial charge is 0.388 e. The van der Waals surface area contributed by atoms with Gasteiger partial charge in [0.1, 0.15) is 12.3 Å². The fourth-order valence-corrected chi connectivity index (χ4v) is 3.94. The summed E-state index contributed by atoms with van der Waals surface area (Å²) in [5.74, 6) is 0. The van der Waals surface area contributed by atoms with Gasteiger partial charge in [-0.05, 0) is 7.96 Å². The van der Waals surface area contributed by atoms with Crippen LogP contribution in [0.15, 0.2) is 15.8 Å². The minimum atomic E-state index is -0.880. The van der Waals surface area contributed by atoms with Crippen LogP contribution in [0.1, 0.15) is 18.2 Å². The Kier molecular flexibility index (Phi) is 6.41. The molecule has 0 aliphatic carbocycles. The van der Waals surface area contributed by atoms with E-state index in [0.717, 1.165) is 0 Å². The molecule has 0 saturated carbocycles. The van der Waals surface area contributed by atoms with E-state index in [1.165, 1.54) is 10.8 Å². The fraction of sp³-hybridized carbons (Fsp3) is 0.556. The molecule has 21 heavy (non-hydrogen) atoms. The van der Waals surface area contributed by atoms with Crippen molar-refractivity contribution >= 4 is 25.0 Å². The molecule has 0 spiro atoms. The first-order chi connectivity index (χ1) is 10.1. The molecule has 0 aromatic carbocycles. The minimum absolute atomic E-state index is 0.00918. The van der Waals surface area contributed by atoms with Crippen molar-refractivity contribution in [2.75, 3.05) is 0 Å². The van der Waals surface area contributed by atoms with E-state index in [9.17, 15) is 14.7 Å². The standard InChI is InChI=1S/C9H16N3O6P3/c10-2-4-3-12(9(15)11-7(4)14)6-1-5(13)8(17-6)18-20-21-19-16/h3,5-6,8,13,16,19-21H,1-2,10H2,(H,11,14,15). The van der Waals surface area contributed by atoms with Gasteiger partial charge in [0, 0.05) is 41.7 Å². The summed E-state index contributed by atoms with van der Waals surface area (Å²) in [4.78, 5) is 34.1. The van der Waals surface area contributed by atoms with Crippen LogP contribution < -0.4 is 17.0 Å². The molecule has 9 nitrogen and oxygen atoms in total. The third-order valence-corrected chi connectivity index (χ3v) is 6.39. The molecular formula is C9H16N3O6P3. The van der Waals surface area contributed by atoms with Gasteiger partial charge in [-0.2, -0.15) is 0 Å². The van der Waals surface area contributed by atoms with E-state index >= 15 is 0 Å². The van der Waals surface area contributed by atoms with Gasteiger partial charge in [0.15, 0.2) is 6.29 Å². The predicted octanol–water partition coefficient (Wildman–Crippen LogP) is -0.694. The SMILES string of the molecule is NCc1cn(C2CC(O)C(OPPPO)O2)c(=O)[nH]c1=O.